The van der Waals surface area contributed by atoms with Gasteiger partial charge in [0.1, 0.15) is 5.82 Å². The third-order valence-corrected chi connectivity index (χ3v) is 6.79. The van der Waals surface area contributed by atoms with Crippen molar-refractivity contribution in [2.45, 2.75) is 32.7 Å². The molecule has 0 fully saturated rings. The van der Waals surface area contributed by atoms with Crippen molar-refractivity contribution in [2.75, 3.05) is 0 Å². The van der Waals surface area contributed by atoms with Crippen LogP contribution in [0, 0.1) is 15.3 Å². The second kappa shape index (κ2) is 7.90. The monoisotopic (exact) mass is 498 g/mol. The van der Waals surface area contributed by atoms with E-state index < -0.39 is 0 Å². The highest BCUT2D eigenvalue weighted by atomic mass is 127. The van der Waals surface area contributed by atoms with E-state index in [4.69, 9.17) is 0 Å². The third-order valence-electron chi connectivity index (χ3n) is 6.07. The molecule has 0 N–H and O–H groups in total. The van der Waals surface area contributed by atoms with Crippen LogP contribution in [0.15, 0.2) is 73.1 Å². The Morgan fingerprint density at radius 1 is 1.03 bits per heavy atom. The van der Waals surface area contributed by atoms with Crippen molar-refractivity contribution >= 4 is 33.5 Å². The van der Waals surface area contributed by atoms with Gasteiger partial charge in [0, 0.05) is 26.8 Å². The van der Waals surface area contributed by atoms with Crippen molar-refractivity contribution in [3.8, 4) is 0 Å². The van der Waals surface area contributed by atoms with Crippen LogP contribution in [-0.4, -0.2) is 9.55 Å². The van der Waals surface area contributed by atoms with Crippen LogP contribution >= 0.6 is 22.6 Å². The minimum absolute atomic E-state index is 0.172. The topological polar surface area (TPSA) is 17.8 Å². The van der Waals surface area contributed by atoms with Gasteiger partial charge < -0.3 is 4.57 Å². The van der Waals surface area contributed by atoms with Gasteiger partial charge in [-0.05, 0) is 76.0 Å². The highest BCUT2D eigenvalue weighted by Crippen LogP contribution is 2.43. The largest absolute Gasteiger partial charge is 0.341 e. The third kappa shape index (κ3) is 3.59. The summed E-state index contributed by atoms with van der Waals surface area (Å²) in [7, 11) is 0. The molecule has 2 aromatic carbocycles. The van der Waals surface area contributed by atoms with E-state index in [1.54, 1.807) is 18.3 Å². The molecule has 4 aromatic rings. The average Bonchev–Trinajstić information content (AvgIpc) is 3.09. The number of fused-ring (bicyclic) bond motifs is 1. The zero-order valence-corrected chi connectivity index (χ0v) is 19.0. The molecule has 0 amide bonds. The first-order chi connectivity index (χ1) is 13.9. The Labute approximate surface area is 184 Å². The Kier molecular flexibility index (Phi) is 5.47. The maximum atomic E-state index is 15.1. The molecular weight excluding hydrogens is 474 g/mol. The Morgan fingerprint density at radius 3 is 2.45 bits per heavy atom. The van der Waals surface area contributed by atoms with Crippen LogP contribution in [0.4, 0.5) is 4.39 Å². The Hall–Kier alpha value is -2.21. The lowest BCUT2D eigenvalue weighted by molar-refractivity contribution is 0.406. The van der Waals surface area contributed by atoms with Crippen molar-refractivity contribution < 1.29 is 4.39 Å². The Balaban J connectivity index is 1.95. The van der Waals surface area contributed by atoms with Gasteiger partial charge in [-0.25, -0.2) is 4.39 Å². The molecule has 0 saturated heterocycles. The second-order valence-electron chi connectivity index (χ2n) is 7.99. The SMILES string of the molecule is CC(C)C(C)(c1ccc(I)cc1)c1cn(Cc2ccccn2)c2cccc(F)c12. The zero-order valence-electron chi connectivity index (χ0n) is 16.9. The summed E-state index contributed by atoms with van der Waals surface area (Å²) in [5.74, 6) is 0.116. The summed E-state index contributed by atoms with van der Waals surface area (Å²) in [6.07, 6.45) is 3.92. The van der Waals surface area contributed by atoms with E-state index in [2.05, 4.69) is 83.4 Å². The molecule has 148 valence electrons. The molecule has 0 radical (unpaired) electrons. The zero-order chi connectivity index (χ0) is 20.6. The molecule has 29 heavy (non-hydrogen) atoms. The number of nitrogens with zero attached hydrogens (tertiary/aromatic N) is 2. The van der Waals surface area contributed by atoms with Gasteiger partial charge in [-0.3, -0.25) is 4.98 Å². The van der Waals surface area contributed by atoms with Gasteiger partial charge in [0.15, 0.2) is 0 Å². The van der Waals surface area contributed by atoms with Crippen molar-refractivity contribution in [1.29, 1.82) is 0 Å². The van der Waals surface area contributed by atoms with Crippen molar-refractivity contribution in [2.24, 2.45) is 5.92 Å². The number of rotatable bonds is 5. The average molecular weight is 498 g/mol. The molecule has 2 heterocycles. The molecule has 1 unspecified atom stereocenters. The molecule has 4 heteroatoms. The summed E-state index contributed by atoms with van der Waals surface area (Å²) in [4.78, 5) is 4.46. The summed E-state index contributed by atoms with van der Waals surface area (Å²) < 4.78 is 18.5. The number of pyridine rings is 1. The van der Waals surface area contributed by atoms with Gasteiger partial charge in [0.25, 0.3) is 0 Å². The summed E-state index contributed by atoms with van der Waals surface area (Å²) in [5, 5.41) is 0.707. The van der Waals surface area contributed by atoms with E-state index in [1.807, 2.05) is 24.3 Å². The van der Waals surface area contributed by atoms with Gasteiger partial charge in [-0.15, -0.1) is 0 Å². The first kappa shape index (κ1) is 20.1. The van der Waals surface area contributed by atoms with Gasteiger partial charge in [0.2, 0.25) is 0 Å². The Morgan fingerprint density at radius 2 is 1.79 bits per heavy atom. The van der Waals surface area contributed by atoms with E-state index in [1.165, 1.54) is 9.13 Å². The van der Waals surface area contributed by atoms with Crippen molar-refractivity contribution in [3.63, 3.8) is 0 Å². The molecule has 2 nitrogen and oxygen atoms in total. The summed E-state index contributed by atoms with van der Waals surface area (Å²) in [6, 6.07) is 19.8. The molecule has 0 aliphatic heterocycles. The summed E-state index contributed by atoms with van der Waals surface area (Å²) in [6.45, 7) is 7.26. The normalized spacial score (nSPS) is 13.7. The summed E-state index contributed by atoms with van der Waals surface area (Å²) >= 11 is 2.32. The fourth-order valence-electron chi connectivity index (χ4n) is 4.10. The van der Waals surface area contributed by atoms with Gasteiger partial charge in [-0.2, -0.15) is 0 Å². The highest BCUT2D eigenvalue weighted by molar-refractivity contribution is 14.1. The van der Waals surface area contributed by atoms with Crippen molar-refractivity contribution in [3.05, 3.63) is 99.3 Å². The van der Waals surface area contributed by atoms with E-state index in [0.29, 0.717) is 11.9 Å². The highest BCUT2D eigenvalue weighted by Gasteiger charge is 2.36. The minimum atomic E-state index is -0.319. The molecule has 0 bridgehead atoms. The van der Waals surface area contributed by atoms with Crippen LogP contribution in [0.2, 0.25) is 0 Å². The molecule has 1 atom stereocenters. The lowest BCUT2D eigenvalue weighted by Crippen LogP contribution is -2.30. The van der Waals surface area contributed by atoms with E-state index in [-0.39, 0.29) is 17.2 Å². The molecule has 0 aliphatic rings. The molecule has 0 aliphatic carbocycles. The Bertz CT molecular complexity index is 1130. The van der Waals surface area contributed by atoms with Gasteiger partial charge >= 0.3 is 0 Å². The smallest absolute Gasteiger partial charge is 0.132 e. The number of hydrogen-bond donors (Lipinski definition) is 0. The maximum Gasteiger partial charge on any atom is 0.132 e. The van der Waals surface area contributed by atoms with Crippen molar-refractivity contribution in [1.82, 2.24) is 9.55 Å². The molecule has 0 spiro atoms. The lowest BCUT2D eigenvalue weighted by Gasteiger charge is -2.35. The minimum Gasteiger partial charge on any atom is -0.341 e. The van der Waals surface area contributed by atoms with E-state index >= 15 is 4.39 Å². The molecular formula is C25H24FIN2. The van der Waals surface area contributed by atoms with Crippen LogP contribution in [0.1, 0.15) is 37.6 Å². The molecule has 4 rings (SSSR count). The number of halogens is 2. The first-order valence-electron chi connectivity index (χ1n) is 9.85. The molecule has 2 aromatic heterocycles. The van der Waals surface area contributed by atoms with Crippen LogP contribution < -0.4 is 0 Å². The molecule has 0 saturated carbocycles. The quantitative estimate of drug-likeness (QED) is 0.277. The predicted molar refractivity (Wildman–Crippen MR) is 126 cm³/mol. The number of benzene rings is 2. The second-order valence-corrected chi connectivity index (χ2v) is 9.24. The van der Waals surface area contributed by atoms with Gasteiger partial charge in [0.05, 0.1) is 17.8 Å². The maximum absolute atomic E-state index is 15.1. The van der Waals surface area contributed by atoms with Crippen LogP contribution in [-0.2, 0) is 12.0 Å². The van der Waals surface area contributed by atoms with E-state index in [0.717, 1.165) is 16.8 Å². The fraction of sp³-hybridized carbons (Fsp3) is 0.240. The first-order valence-corrected chi connectivity index (χ1v) is 10.9. The summed E-state index contributed by atoms with van der Waals surface area (Å²) in [5.41, 5.74) is 3.77. The van der Waals surface area contributed by atoms with E-state index in [9.17, 15) is 0 Å². The van der Waals surface area contributed by atoms with Crippen LogP contribution in [0.5, 0.6) is 0 Å². The number of hydrogen-bond acceptors (Lipinski definition) is 1. The fourth-order valence-corrected chi connectivity index (χ4v) is 4.45. The van der Waals surface area contributed by atoms with Gasteiger partial charge in [-0.1, -0.05) is 45.0 Å². The predicted octanol–water partition coefficient (Wildman–Crippen LogP) is 6.79. The van der Waals surface area contributed by atoms with Crippen LogP contribution in [0.3, 0.4) is 0 Å². The lowest BCUT2D eigenvalue weighted by atomic mass is 9.68. The van der Waals surface area contributed by atoms with Crippen LogP contribution in [0.25, 0.3) is 10.9 Å². The number of aromatic nitrogens is 2. The standard InChI is InChI=1S/C25H24FIN2/c1-17(2)25(3,18-10-12-19(27)13-11-18)21-16-29(15-20-7-4-5-14-28-20)23-9-6-8-22(26)24(21)23/h4-14,16-17H,15H2,1-3H3.